The Morgan fingerprint density at radius 1 is 1.25 bits per heavy atom. The van der Waals surface area contributed by atoms with Crippen molar-refractivity contribution in [2.24, 2.45) is 0 Å². The van der Waals surface area contributed by atoms with Crippen LogP contribution in [0.5, 0.6) is 5.75 Å². The third kappa shape index (κ3) is 2.44. The standard InChI is InChI=1S/C15H21NO3S/c1-15(6-2-3-7-20(15,17)18)11-19-14-5-4-12-9-16-10-13(12)8-14/h4-5,8,16H,2-3,6-7,9-11H2,1H3. The molecule has 1 N–H and O–H groups in total. The van der Waals surface area contributed by atoms with Crippen LogP contribution in [0, 0.1) is 0 Å². The summed E-state index contributed by atoms with van der Waals surface area (Å²) in [7, 11) is -3.04. The second-order valence-electron chi connectivity index (χ2n) is 6.05. The molecule has 0 radical (unpaired) electrons. The zero-order valence-electron chi connectivity index (χ0n) is 11.8. The van der Waals surface area contributed by atoms with Crippen molar-refractivity contribution in [1.29, 1.82) is 0 Å². The van der Waals surface area contributed by atoms with E-state index in [0.717, 1.165) is 31.7 Å². The van der Waals surface area contributed by atoms with Crippen molar-refractivity contribution < 1.29 is 13.2 Å². The predicted molar refractivity (Wildman–Crippen MR) is 78.5 cm³/mol. The van der Waals surface area contributed by atoms with E-state index in [0.29, 0.717) is 12.2 Å². The minimum absolute atomic E-state index is 0.252. The van der Waals surface area contributed by atoms with Crippen LogP contribution in [0.25, 0.3) is 0 Å². The van der Waals surface area contributed by atoms with Gasteiger partial charge in [-0.1, -0.05) is 12.5 Å². The molecule has 0 spiro atoms. The fourth-order valence-corrected chi connectivity index (χ4v) is 4.72. The van der Waals surface area contributed by atoms with Gasteiger partial charge in [-0.25, -0.2) is 8.42 Å². The van der Waals surface area contributed by atoms with E-state index < -0.39 is 14.6 Å². The first-order valence-electron chi connectivity index (χ1n) is 7.18. The summed E-state index contributed by atoms with van der Waals surface area (Å²) in [6, 6.07) is 6.02. The lowest BCUT2D eigenvalue weighted by molar-refractivity contribution is 0.257. The molecule has 2 heterocycles. The molecule has 2 aliphatic heterocycles. The van der Waals surface area contributed by atoms with E-state index in [1.807, 2.05) is 19.1 Å². The monoisotopic (exact) mass is 295 g/mol. The molecule has 0 aromatic heterocycles. The summed E-state index contributed by atoms with van der Waals surface area (Å²) in [6.45, 7) is 3.84. The van der Waals surface area contributed by atoms with Crippen molar-refractivity contribution in [2.75, 3.05) is 12.4 Å². The van der Waals surface area contributed by atoms with Crippen LogP contribution in [0.15, 0.2) is 18.2 Å². The van der Waals surface area contributed by atoms with Crippen molar-refractivity contribution in [3.63, 3.8) is 0 Å². The number of fused-ring (bicyclic) bond motifs is 1. The van der Waals surface area contributed by atoms with Gasteiger partial charge in [0.1, 0.15) is 17.1 Å². The lowest BCUT2D eigenvalue weighted by Crippen LogP contribution is -2.45. The first-order valence-corrected chi connectivity index (χ1v) is 8.83. The first-order chi connectivity index (χ1) is 9.50. The minimum Gasteiger partial charge on any atom is -0.492 e. The molecule has 1 fully saturated rings. The van der Waals surface area contributed by atoms with Gasteiger partial charge >= 0.3 is 0 Å². The normalized spacial score (nSPS) is 28.1. The molecule has 20 heavy (non-hydrogen) atoms. The number of ether oxygens (including phenoxy) is 1. The van der Waals surface area contributed by atoms with Crippen molar-refractivity contribution in [2.45, 2.75) is 44.0 Å². The Labute approximate surface area is 120 Å². The fraction of sp³-hybridized carbons (Fsp3) is 0.600. The number of sulfone groups is 1. The van der Waals surface area contributed by atoms with Crippen LogP contribution >= 0.6 is 0 Å². The highest BCUT2D eigenvalue weighted by atomic mass is 32.2. The Bertz CT molecular complexity index is 612. The minimum atomic E-state index is -3.04. The Morgan fingerprint density at radius 3 is 2.85 bits per heavy atom. The molecule has 0 bridgehead atoms. The van der Waals surface area contributed by atoms with E-state index in [2.05, 4.69) is 11.4 Å². The fourth-order valence-electron chi connectivity index (χ4n) is 2.95. The molecular formula is C15H21NO3S. The average molecular weight is 295 g/mol. The van der Waals surface area contributed by atoms with Crippen LogP contribution in [0.2, 0.25) is 0 Å². The van der Waals surface area contributed by atoms with Gasteiger partial charge in [0.15, 0.2) is 9.84 Å². The molecule has 1 atom stereocenters. The van der Waals surface area contributed by atoms with E-state index >= 15 is 0 Å². The topological polar surface area (TPSA) is 55.4 Å². The van der Waals surface area contributed by atoms with Gasteiger partial charge in [-0.2, -0.15) is 0 Å². The molecule has 5 heteroatoms. The molecule has 1 aromatic rings. The number of benzene rings is 1. The van der Waals surface area contributed by atoms with Gasteiger partial charge in [0.25, 0.3) is 0 Å². The smallest absolute Gasteiger partial charge is 0.159 e. The quantitative estimate of drug-likeness (QED) is 0.927. The summed E-state index contributed by atoms with van der Waals surface area (Å²) in [6.07, 6.45) is 2.44. The van der Waals surface area contributed by atoms with E-state index in [4.69, 9.17) is 4.74 Å². The second-order valence-corrected chi connectivity index (χ2v) is 8.67. The molecule has 0 saturated carbocycles. The van der Waals surface area contributed by atoms with Crippen LogP contribution in [-0.2, 0) is 22.9 Å². The van der Waals surface area contributed by atoms with Crippen LogP contribution in [0.1, 0.15) is 37.3 Å². The highest BCUT2D eigenvalue weighted by Gasteiger charge is 2.41. The molecular weight excluding hydrogens is 274 g/mol. The molecule has 0 aliphatic carbocycles. The largest absolute Gasteiger partial charge is 0.492 e. The van der Waals surface area contributed by atoms with Crippen molar-refractivity contribution in [1.82, 2.24) is 5.32 Å². The van der Waals surface area contributed by atoms with Crippen molar-refractivity contribution >= 4 is 9.84 Å². The Kier molecular flexibility index (Phi) is 3.50. The van der Waals surface area contributed by atoms with Gasteiger partial charge < -0.3 is 10.1 Å². The van der Waals surface area contributed by atoms with Crippen LogP contribution in [0.3, 0.4) is 0 Å². The second kappa shape index (κ2) is 5.04. The Morgan fingerprint density at radius 2 is 2.05 bits per heavy atom. The van der Waals surface area contributed by atoms with Gasteiger partial charge in [0.2, 0.25) is 0 Å². The summed E-state index contributed by atoms with van der Waals surface area (Å²) in [4.78, 5) is 0. The zero-order chi connectivity index (χ0) is 14.2. The summed E-state index contributed by atoms with van der Waals surface area (Å²) in [5.41, 5.74) is 2.55. The molecule has 110 valence electrons. The van der Waals surface area contributed by atoms with Gasteiger partial charge in [0.05, 0.1) is 5.75 Å². The van der Waals surface area contributed by atoms with Crippen LogP contribution in [0.4, 0.5) is 0 Å². The predicted octanol–water partition coefficient (Wildman–Crippen LogP) is 2.03. The van der Waals surface area contributed by atoms with E-state index in [-0.39, 0.29) is 6.61 Å². The summed E-state index contributed by atoms with van der Waals surface area (Å²) in [5.74, 6) is 1.07. The Hall–Kier alpha value is -1.07. The van der Waals surface area contributed by atoms with Crippen molar-refractivity contribution in [3.8, 4) is 5.75 Å². The highest BCUT2D eigenvalue weighted by molar-refractivity contribution is 7.92. The summed E-state index contributed by atoms with van der Waals surface area (Å²) < 4.78 is 29.5. The Balaban J connectivity index is 1.73. The van der Waals surface area contributed by atoms with Crippen molar-refractivity contribution in [3.05, 3.63) is 29.3 Å². The number of hydrogen-bond donors (Lipinski definition) is 1. The molecule has 3 rings (SSSR count). The molecule has 1 unspecified atom stereocenters. The third-order valence-electron chi connectivity index (χ3n) is 4.47. The number of rotatable bonds is 3. The van der Waals surface area contributed by atoms with Crippen LogP contribution < -0.4 is 10.1 Å². The van der Waals surface area contributed by atoms with E-state index in [9.17, 15) is 8.42 Å². The summed E-state index contributed by atoms with van der Waals surface area (Å²) >= 11 is 0. The molecule has 4 nitrogen and oxygen atoms in total. The van der Waals surface area contributed by atoms with E-state index in [1.54, 1.807) is 0 Å². The van der Waals surface area contributed by atoms with Gasteiger partial charge in [0, 0.05) is 13.1 Å². The lowest BCUT2D eigenvalue weighted by atomic mass is 10.0. The van der Waals surface area contributed by atoms with E-state index in [1.165, 1.54) is 11.1 Å². The first kappa shape index (κ1) is 13.9. The number of hydrogen-bond acceptors (Lipinski definition) is 4. The SMILES string of the molecule is CC1(COc2ccc3c(c2)CNC3)CCCCS1(=O)=O. The van der Waals surface area contributed by atoms with Gasteiger partial charge in [-0.05, 0) is 43.0 Å². The van der Waals surface area contributed by atoms with Gasteiger partial charge in [-0.15, -0.1) is 0 Å². The lowest BCUT2D eigenvalue weighted by Gasteiger charge is -2.32. The number of nitrogens with one attached hydrogen (secondary N) is 1. The van der Waals surface area contributed by atoms with Gasteiger partial charge in [-0.3, -0.25) is 0 Å². The molecule has 2 aliphatic rings. The maximum atomic E-state index is 12.2. The average Bonchev–Trinajstić information content (AvgIpc) is 2.87. The van der Waals surface area contributed by atoms with Crippen LogP contribution in [-0.4, -0.2) is 25.5 Å². The zero-order valence-corrected chi connectivity index (χ0v) is 12.6. The maximum Gasteiger partial charge on any atom is 0.159 e. The maximum absolute atomic E-state index is 12.2. The summed E-state index contributed by atoms with van der Waals surface area (Å²) in [5, 5.41) is 3.29. The molecule has 1 saturated heterocycles. The molecule has 1 aromatic carbocycles. The molecule has 0 amide bonds. The third-order valence-corrected chi connectivity index (χ3v) is 7.12. The highest BCUT2D eigenvalue weighted by Crippen LogP contribution is 2.32.